The minimum absolute atomic E-state index is 0.0185. The Labute approximate surface area is 113 Å². The van der Waals surface area contributed by atoms with Gasteiger partial charge in [0.2, 0.25) is 0 Å². The van der Waals surface area contributed by atoms with Crippen LogP contribution in [0, 0.1) is 5.92 Å². The molecule has 0 amide bonds. The highest BCUT2D eigenvalue weighted by Crippen LogP contribution is 2.32. The first-order valence-electron chi connectivity index (χ1n) is 6.48. The second kappa shape index (κ2) is 5.33. The highest BCUT2D eigenvalue weighted by molar-refractivity contribution is 7.92. The van der Waals surface area contributed by atoms with Crippen LogP contribution in [0.1, 0.15) is 43.0 Å². The highest BCUT2D eigenvalue weighted by Gasteiger charge is 2.31. The van der Waals surface area contributed by atoms with Crippen molar-refractivity contribution in [3.63, 3.8) is 0 Å². The molecule has 0 bridgehead atoms. The summed E-state index contributed by atoms with van der Waals surface area (Å²) in [6, 6.07) is 5.64. The maximum Gasteiger partial charge on any atom is 0.335 e. The first-order chi connectivity index (χ1) is 8.91. The van der Waals surface area contributed by atoms with Gasteiger partial charge < -0.3 is 5.11 Å². The standard InChI is InChI=1S/C14H18O4S/c1-10-4-2-6-12(8-10)19(17,18)13-7-3-5-11(9-13)14(15)16/h3,5,7,9-10,12H,2,4,6,8H2,1H3,(H,15,16). The summed E-state index contributed by atoms with van der Waals surface area (Å²) in [5, 5.41) is 8.56. The zero-order valence-electron chi connectivity index (χ0n) is 10.9. The van der Waals surface area contributed by atoms with Crippen molar-refractivity contribution < 1.29 is 18.3 Å². The van der Waals surface area contributed by atoms with Crippen LogP contribution in [0.25, 0.3) is 0 Å². The molecule has 0 aromatic heterocycles. The third-order valence-electron chi connectivity index (χ3n) is 3.74. The SMILES string of the molecule is CC1CCCC(S(=O)(=O)c2cccc(C(=O)O)c2)C1. The summed E-state index contributed by atoms with van der Waals surface area (Å²) < 4.78 is 25.0. The molecule has 2 rings (SSSR count). The van der Waals surface area contributed by atoms with Crippen LogP contribution in [0.2, 0.25) is 0 Å². The number of rotatable bonds is 3. The zero-order chi connectivity index (χ0) is 14.0. The van der Waals surface area contributed by atoms with E-state index in [2.05, 4.69) is 6.92 Å². The summed E-state index contributed by atoms with van der Waals surface area (Å²) in [5.74, 6) is -0.690. The van der Waals surface area contributed by atoms with Crippen LogP contribution in [0.5, 0.6) is 0 Å². The fourth-order valence-corrected chi connectivity index (χ4v) is 4.66. The number of carboxylic acids is 1. The Morgan fingerprint density at radius 1 is 1.32 bits per heavy atom. The van der Waals surface area contributed by atoms with Gasteiger partial charge in [-0.2, -0.15) is 0 Å². The molecule has 1 aromatic rings. The van der Waals surface area contributed by atoms with E-state index in [0.29, 0.717) is 18.8 Å². The lowest BCUT2D eigenvalue weighted by Gasteiger charge is -2.26. The Hall–Kier alpha value is -1.36. The van der Waals surface area contributed by atoms with E-state index in [1.165, 1.54) is 24.3 Å². The number of hydrogen-bond donors (Lipinski definition) is 1. The van der Waals surface area contributed by atoms with Crippen molar-refractivity contribution in [3.05, 3.63) is 29.8 Å². The van der Waals surface area contributed by atoms with Gasteiger partial charge in [-0.3, -0.25) is 0 Å². The third-order valence-corrected chi connectivity index (χ3v) is 5.95. The molecule has 1 N–H and O–H groups in total. The summed E-state index contributed by atoms with van der Waals surface area (Å²) in [6.45, 7) is 2.06. The molecule has 1 fully saturated rings. The molecule has 1 saturated carbocycles. The minimum atomic E-state index is -3.41. The Kier molecular flexibility index (Phi) is 3.94. The maximum atomic E-state index is 12.5. The topological polar surface area (TPSA) is 71.4 Å². The molecular weight excluding hydrogens is 264 g/mol. The van der Waals surface area contributed by atoms with Gasteiger partial charge in [0.25, 0.3) is 0 Å². The molecule has 104 valence electrons. The van der Waals surface area contributed by atoms with Crippen molar-refractivity contribution in [1.82, 2.24) is 0 Å². The molecule has 1 aliphatic rings. The first kappa shape index (κ1) is 14.1. The number of sulfone groups is 1. The van der Waals surface area contributed by atoms with E-state index >= 15 is 0 Å². The van der Waals surface area contributed by atoms with E-state index in [-0.39, 0.29) is 15.7 Å². The van der Waals surface area contributed by atoms with Gasteiger partial charge >= 0.3 is 5.97 Å². The molecule has 4 nitrogen and oxygen atoms in total. The maximum absolute atomic E-state index is 12.5. The minimum Gasteiger partial charge on any atom is -0.478 e. The van der Waals surface area contributed by atoms with Crippen molar-refractivity contribution in [2.45, 2.75) is 42.8 Å². The van der Waals surface area contributed by atoms with E-state index in [1.807, 2.05) is 0 Å². The van der Waals surface area contributed by atoms with Gasteiger partial charge in [0.05, 0.1) is 15.7 Å². The monoisotopic (exact) mass is 282 g/mol. The van der Waals surface area contributed by atoms with Gasteiger partial charge in [-0.15, -0.1) is 0 Å². The largest absolute Gasteiger partial charge is 0.478 e. The van der Waals surface area contributed by atoms with E-state index in [1.54, 1.807) is 0 Å². The number of benzene rings is 1. The summed E-state index contributed by atoms with van der Waals surface area (Å²) in [6.07, 6.45) is 3.33. The molecule has 1 aromatic carbocycles. The van der Waals surface area contributed by atoms with Crippen LogP contribution >= 0.6 is 0 Å². The van der Waals surface area contributed by atoms with Crippen molar-refractivity contribution in [2.75, 3.05) is 0 Å². The van der Waals surface area contributed by atoms with Gasteiger partial charge in [-0.25, -0.2) is 13.2 Å². The molecule has 0 heterocycles. The quantitative estimate of drug-likeness (QED) is 0.925. The Morgan fingerprint density at radius 2 is 2.05 bits per heavy atom. The number of hydrogen-bond acceptors (Lipinski definition) is 3. The van der Waals surface area contributed by atoms with Crippen molar-refractivity contribution in [3.8, 4) is 0 Å². The third kappa shape index (κ3) is 2.97. The number of carbonyl (C=O) groups is 1. The molecule has 0 aliphatic heterocycles. The fraction of sp³-hybridized carbons (Fsp3) is 0.500. The lowest BCUT2D eigenvalue weighted by atomic mass is 9.91. The summed E-state index contributed by atoms with van der Waals surface area (Å²) in [4.78, 5) is 11.0. The first-order valence-corrected chi connectivity index (χ1v) is 8.03. The van der Waals surface area contributed by atoms with Gasteiger partial charge in [0.15, 0.2) is 9.84 Å². The lowest BCUT2D eigenvalue weighted by Crippen LogP contribution is -2.27. The molecule has 0 radical (unpaired) electrons. The van der Waals surface area contributed by atoms with Crippen molar-refractivity contribution >= 4 is 15.8 Å². The number of carboxylic acid groups (broad SMARTS) is 1. The molecule has 2 unspecified atom stereocenters. The van der Waals surface area contributed by atoms with Crippen LogP contribution in [-0.2, 0) is 9.84 Å². The molecule has 0 saturated heterocycles. The highest BCUT2D eigenvalue weighted by atomic mass is 32.2. The Morgan fingerprint density at radius 3 is 2.68 bits per heavy atom. The van der Waals surface area contributed by atoms with Gasteiger partial charge in [-0.05, 0) is 37.0 Å². The van der Waals surface area contributed by atoms with Gasteiger partial charge in [0, 0.05) is 0 Å². The van der Waals surface area contributed by atoms with Crippen molar-refractivity contribution in [2.24, 2.45) is 5.92 Å². The average Bonchev–Trinajstić information content (AvgIpc) is 2.39. The Balaban J connectivity index is 2.33. The van der Waals surface area contributed by atoms with Crippen LogP contribution in [0.15, 0.2) is 29.2 Å². The fourth-order valence-electron chi connectivity index (χ4n) is 2.66. The molecule has 19 heavy (non-hydrogen) atoms. The molecule has 5 heteroatoms. The van der Waals surface area contributed by atoms with E-state index in [9.17, 15) is 13.2 Å². The van der Waals surface area contributed by atoms with Crippen LogP contribution < -0.4 is 0 Å². The van der Waals surface area contributed by atoms with E-state index < -0.39 is 15.8 Å². The van der Waals surface area contributed by atoms with Gasteiger partial charge in [0.1, 0.15) is 0 Å². The predicted molar refractivity (Wildman–Crippen MR) is 72.0 cm³/mol. The summed E-state index contributed by atoms with van der Waals surface area (Å²) in [7, 11) is -3.41. The molecule has 0 spiro atoms. The molecule has 2 atom stereocenters. The lowest BCUT2D eigenvalue weighted by molar-refractivity contribution is 0.0696. The molecular formula is C14H18O4S. The number of aromatic carboxylic acids is 1. The van der Waals surface area contributed by atoms with Crippen LogP contribution in [0.3, 0.4) is 0 Å². The Bertz CT molecular complexity index is 577. The smallest absolute Gasteiger partial charge is 0.335 e. The summed E-state index contributed by atoms with van der Waals surface area (Å²) in [5.41, 5.74) is 0.0185. The van der Waals surface area contributed by atoms with E-state index in [4.69, 9.17) is 5.11 Å². The van der Waals surface area contributed by atoms with E-state index in [0.717, 1.165) is 12.8 Å². The van der Waals surface area contributed by atoms with Crippen LogP contribution in [0.4, 0.5) is 0 Å². The normalized spacial score (nSPS) is 24.1. The second-order valence-corrected chi connectivity index (χ2v) is 7.50. The molecule has 1 aliphatic carbocycles. The predicted octanol–water partition coefficient (Wildman–Crippen LogP) is 2.74. The average molecular weight is 282 g/mol. The van der Waals surface area contributed by atoms with Crippen LogP contribution in [-0.4, -0.2) is 24.7 Å². The summed E-state index contributed by atoms with van der Waals surface area (Å²) >= 11 is 0. The van der Waals surface area contributed by atoms with Crippen molar-refractivity contribution in [1.29, 1.82) is 0 Å². The van der Waals surface area contributed by atoms with Gasteiger partial charge in [-0.1, -0.05) is 25.8 Å². The zero-order valence-corrected chi connectivity index (χ0v) is 11.7. The second-order valence-electron chi connectivity index (χ2n) is 5.27.